The molecule has 118 valence electrons. The molecule has 1 saturated heterocycles. The van der Waals surface area contributed by atoms with Crippen molar-refractivity contribution in [1.29, 1.82) is 0 Å². The molecule has 0 spiro atoms. The predicted octanol–water partition coefficient (Wildman–Crippen LogP) is 2.37. The number of hydrogen-bond donors (Lipinski definition) is 0. The zero-order valence-electron chi connectivity index (χ0n) is 13.2. The minimum atomic E-state index is 0.518. The van der Waals surface area contributed by atoms with Crippen LogP contribution in [0.3, 0.4) is 0 Å². The molecule has 0 bridgehead atoms. The first-order valence-corrected chi connectivity index (χ1v) is 7.77. The first-order valence-electron chi connectivity index (χ1n) is 7.77. The molecule has 3 heterocycles. The number of pyridine rings is 1. The largest absolute Gasteiger partial charge is 0.477 e. The van der Waals surface area contributed by atoms with Crippen molar-refractivity contribution < 1.29 is 9.26 Å². The van der Waals surface area contributed by atoms with Crippen LogP contribution in [0.5, 0.6) is 5.88 Å². The Hall–Kier alpha value is -1.95. The standard InChI is InChI=1S/C16H22N4O2/c1-12-5-3-7-16(17-12)21-11-14-6-4-8-20(9-14)10-15-18-13(2)22-19-15/h3,5,7,14H,4,6,8-11H2,1-2H3. The maximum Gasteiger partial charge on any atom is 0.223 e. The number of ether oxygens (including phenoxy) is 1. The molecule has 0 aliphatic carbocycles. The Morgan fingerprint density at radius 1 is 1.32 bits per heavy atom. The van der Waals surface area contributed by atoms with Gasteiger partial charge < -0.3 is 9.26 Å². The molecule has 0 radical (unpaired) electrons. The van der Waals surface area contributed by atoms with Crippen molar-refractivity contribution in [3.05, 3.63) is 35.6 Å². The van der Waals surface area contributed by atoms with Crippen LogP contribution >= 0.6 is 0 Å². The van der Waals surface area contributed by atoms with E-state index in [-0.39, 0.29) is 0 Å². The number of piperidine rings is 1. The van der Waals surface area contributed by atoms with E-state index in [1.807, 2.05) is 32.0 Å². The van der Waals surface area contributed by atoms with Crippen molar-refractivity contribution in [1.82, 2.24) is 20.0 Å². The Morgan fingerprint density at radius 3 is 3.00 bits per heavy atom. The second kappa shape index (κ2) is 6.87. The molecular weight excluding hydrogens is 280 g/mol. The fourth-order valence-electron chi connectivity index (χ4n) is 2.84. The second-order valence-electron chi connectivity index (χ2n) is 5.90. The van der Waals surface area contributed by atoms with Gasteiger partial charge in [-0.15, -0.1) is 0 Å². The minimum absolute atomic E-state index is 0.518. The molecule has 1 aliphatic heterocycles. The smallest absolute Gasteiger partial charge is 0.223 e. The summed E-state index contributed by atoms with van der Waals surface area (Å²) in [6, 6.07) is 5.86. The van der Waals surface area contributed by atoms with Crippen LogP contribution in [0.2, 0.25) is 0 Å². The highest BCUT2D eigenvalue weighted by Crippen LogP contribution is 2.19. The molecule has 0 saturated carbocycles. The van der Waals surface area contributed by atoms with E-state index >= 15 is 0 Å². The maximum atomic E-state index is 5.84. The van der Waals surface area contributed by atoms with Gasteiger partial charge >= 0.3 is 0 Å². The molecule has 2 aromatic heterocycles. The number of rotatable bonds is 5. The summed E-state index contributed by atoms with van der Waals surface area (Å²) in [4.78, 5) is 11.0. The molecule has 0 N–H and O–H groups in total. The fraction of sp³-hybridized carbons (Fsp3) is 0.562. The van der Waals surface area contributed by atoms with Crippen LogP contribution in [0.1, 0.15) is 30.3 Å². The van der Waals surface area contributed by atoms with Gasteiger partial charge in [0.05, 0.1) is 13.2 Å². The Balaban J connectivity index is 1.50. The van der Waals surface area contributed by atoms with Gasteiger partial charge in [0.2, 0.25) is 11.8 Å². The molecule has 1 unspecified atom stereocenters. The summed E-state index contributed by atoms with van der Waals surface area (Å²) in [6.07, 6.45) is 2.36. The first-order chi connectivity index (χ1) is 10.7. The normalized spacial score (nSPS) is 19.3. The van der Waals surface area contributed by atoms with Gasteiger partial charge in [0.25, 0.3) is 0 Å². The third kappa shape index (κ3) is 4.04. The molecule has 6 heteroatoms. The quantitative estimate of drug-likeness (QED) is 0.845. The minimum Gasteiger partial charge on any atom is -0.477 e. The molecular formula is C16H22N4O2. The lowest BCUT2D eigenvalue weighted by Crippen LogP contribution is -2.37. The summed E-state index contributed by atoms with van der Waals surface area (Å²) in [5, 5.41) is 3.97. The topological polar surface area (TPSA) is 64.3 Å². The zero-order valence-corrected chi connectivity index (χ0v) is 13.2. The van der Waals surface area contributed by atoms with E-state index in [1.54, 1.807) is 0 Å². The Labute approximate surface area is 130 Å². The summed E-state index contributed by atoms with van der Waals surface area (Å²) in [7, 11) is 0. The van der Waals surface area contributed by atoms with Crippen LogP contribution in [0.15, 0.2) is 22.7 Å². The first kappa shape index (κ1) is 15.0. The lowest BCUT2D eigenvalue weighted by atomic mass is 9.99. The summed E-state index contributed by atoms with van der Waals surface area (Å²) in [5.41, 5.74) is 0.982. The molecule has 22 heavy (non-hydrogen) atoms. The summed E-state index contributed by atoms with van der Waals surface area (Å²) in [5.74, 6) is 2.62. The van der Waals surface area contributed by atoms with Crippen molar-refractivity contribution in [2.24, 2.45) is 5.92 Å². The highest BCUT2D eigenvalue weighted by molar-refractivity contribution is 5.14. The van der Waals surface area contributed by atoms with Gasteiger partial charge in [0.1, 0.15) is 0 Å². The summed E-state index contributed by atoms with van der Waals surface area (Å²) in [6.45, 7) is 7.32. The van der Waals surface area contributed by atoms with E-state index < -0.39 is 0 Å². The van der Waals surface area contributed by atoms with E-state index in [2.05, 4.69) is 20.0 Å². The summed E-state index contributed by atoms with van der Waals surface area (Å²) >= 11 is 0. The van der Waals surface area contributed by atoms with Crippen LogP contribution in [0, 0.1) is 19.8 Å². The van der Waals surface area contributed by atoms with E-state index in [1.165, 1.54) is 12.8 Å². The van der Waals surface area contributed by atoms with Crippen molar-refractivity contribution in [2.75, 3.05) is 19.7 Å². The van der Waals surface area contributed by atoms with Crippen molar-refractivity contribution in [3.63, 3.8) is 0 Å². The summed E-state index contributed by atoms with van der Waals surface area (Å²) < 4.78 is 10.9. The van der Waals surface area contributed by atoms with Gasteiger partial charge in [0, 0.05) is 31.1 Å². The van der Waals surface area contributed by atoms with E-state index in [9.17, 15) is 0 Å². The number of aryl methyl sites for hydroxylation is 2. The van der Waals surface area contributed by atoms with E-state index in [4.69, 9.17) is 9.26 Å². The highest BCUT2D eigenvalue weighted by Gasteiger charge is 2.22. The average Bonchev–Trinajstić information content (AvgIpc) is 2.91. The van der Waals surface area contributed by atoms with Crippen LogP contribution in [0.25, 0.3) is 0 Å². The van der Waals surface area contributed by atoms with Gasteiger partial charge in [-0.05, 0) is 32.4 Å². The number of hydrogen-bond acceptors (Lipinski definition) is 6. The lowest BCUT2D eigenvalue weighted by Gasteiger charge is -2.31. The third-order valence-corrected chi connectivity index (χ3v) is 3.87. The molecule has 6 nitrogen and oxygen atoms in total. The molecule has 1 fully saturated rings. The van der Waals surface area contributed by atoms with E-state index in [0.717, 1.165) is 31.2 Å². The number of nitrogens with zero attached hydrogens (tertiary/aromatic N) is 4. The Bertz CT molecular complexity index is 614. The third-order valence-electron chi connectivity index (χ3n) is 3.87. The van der Waals surface area contributed by atoms with Gasteiger partial charge in [-0.25, -0.2) is 4.98 Å². The van der Waals surface area contributed by atoms with Crippen LogP contribution < -0.4 is 4.74 Å². The SMILES string of the molecule is Cc1cccc(OCC2CCCN(Cc3noc(C)n3)C2)n1. The average molecular weight is 302 g/mol. The van der Waals surface area contributed by atoms with Gasteiger partial charge in [-0.1, -0.05) is 11.2 Å². The van der Waals surface area contributed by atoms with Gasteiger partial charge in [0.15, 0.2) is 5.82 Å². The lowest BCUT2D eigenvalue weighted by molar-refractivity contribution is 0.120. The molecule has 3 rings (SSSR count). The fourth-order valence-corrected chi connectivity index (χ4v) is 2.84. The molecule has 0 aromatic carbocycles. The Morgan fingerprint density at radius 2 is 2.23 bits per heavy atom. The van der Waals surface area contributed by atoms with Crippen molar-refractivity contribution >= 4 is 0 Å². The van der Waals surface area contributed by atoms with Gasteiger partial charge in [-0.2, -0.15) is 4.98 Å². The monoisotopic (exact) mass is 302 g/mol. The molecule has 2 aromatic rings. The van der Waals surface area contributed by atoms with Gasteiger partial charge in [-0.3, -0.25) is 4.90 Å². The number of aromatic nitrogens is 3. The Kier molecular flexibility index (Phi) is 4.68. The van der Waals surface area contributed by atoms with Crippen LogP contribution in [-0.2, 0) is 6.54 Å². The predicted molar refractivity (Wildman–Crippen MR) is 81.5 cm³/mol. The molecule has 1 aliphatic rings. The van der Waals surface area contributed by atoms with Crippen molar-refractivity contribution in [2.45, 2.75) is 33.2 Å². The second-order valence-corrected chi connectivity index (χ2v) is 5.90. The maximum absolute atomic E-state index is 5.84. The number of likely N-dealkylation sites (tertiary alicyclic amines) is 1. The van der Waals surface area contributed by atoms with Crippen molar-refractivity contribution in [3.8, 4) is 5.88 Å². The molecule has 1 atom stereocenters. The van der Waals surface area contributed by atoms with Crippen LogP contribution in [0.4, 0.5) is 0 Å². The zero-order chi connectivity index (χ0) is 15.4. The highest BCUT2D eigenvalue weighted by atomic mass is 16.5. The van der Waals surface area contributed by atoms with E-state index in [0.29, 0.717) is 24.3 Å². The van der Waals surface area contributed by atoms with Crippen LogP contribution in [-0.4, -0.2) is 39.7 Å². The molecule has 0 amide bonds.